The molecule has 32 heavy (non-hydrogen) atoms. The second-order valence-electron chi connectivity index (χ2n) is 7.73. The van der Waals surface area contributed by atoms with Crippen LogP contribution in [-0.4, -0.2) is 16.9 Å². The molecule has 0 spiro atoms. The van der Waals surface area contributed by atoms with Crippen molar-refractivity contribution in [1.82, 2.24) is 10.3 Å². The number of ether oxygens (including phenoxy) is 1. The van der Waals surface area contributed by atoms with Gasteiger partial charge in [0.25, 0.3) is 0 Å². The van der Waals surface area contributed by atoms with Crippen LogP contribution in [0.15, 0.2) is 29.3 Å². The van der Waals surface area contributed by atoms with Gasteiger partial charge in [-0.2, -0.15) is 10.5 Å². The topological polar surface area (TPSA) is 175 Å². The van der Waals surface area contributed by atoms with E-state index in [0.717, 1.165) is 32.1 Å². The number of nitrogens with two attached hydrogens (primary N) is 2. The minimum atomic E-state index is -0.698. The van der Waals surface area contributed by atoms with Crippen LogP contribution in [0.2, 0.25) is 0 Å². The number of pyridine rings is 1. The number of rotatable bonds is 3. The number of anilines is 3. The molecule has 1 atom stereocenters. The van der Waals surface area contributed by atoms with Crippen LogP contribution in [0.1, 0.15) is 54.8 Å². The number of hydrogen-bond donors (Lipinski definition) is 4. The fourth-order valence-corrected chi connectivity index (χ4v) is 4.11. The fraction of sp³-hybridized carbons (Fsp3) is 0.318. The van der Waals surface area contributed by atoms with Crippen molar-refractivity contribution in [1.29, 1.82) is 10.5 Å². The first-order valence-electron chi connectivity index (χ1n) is 10.3. The maximum absolute atomic E-state index is 12.6. The molecule has 1 fully saturated rings. The summed E-state index contributed by atoms with van der Waals surface area (Å²) in [5.74, 6) is 0.502. The number of esters is 1. The zero-order valence-corrected chi connectivity index (χ0v) is 17.3. The summed E-state index contributed by atoms with van der Waals surface area (Å²) in [5.41, 5.74) is 13.4. The van der Waals surface area contributed by atoms with Crippen LogP contribution in [0.3, 0.4) is 0 Å². The largest absolute Gasteiger partial charge is 0.426 e. The lowest BCUT2D eigenvalue weighted by Crippen LogP contribution is -2.32. The molecule has 2 heterocycles. The maximum Gasteiger partial charge on any atom is 0.314 e. The molecular formula is C22H22N8O2. The van der Waals surface area contributed by atoms with Crippen LogP contribution in [0.4, 0.5) is 17.3 Å². The smallest absolute Gasteiger partial charge is 0.314 e. The minimum Gasteiger partial charge on any atom is -0.426 e. The van der Waals surface area contributed by atoms with Crippen LogP contribution in [-0.2, 0) is 4.79 Å². The third-order valence-corrected chi connectivity index (χ3v) is 5.69. The van der Waals surface area contributed by atoms with Gasteiger partial charge in [-0.3, -0.25) is 10.1 Å². The number of nitrogens with zero attached hydrogens (tertiary/aromatic N) is 4. The number of nitriles is 2. The van der Waals surface area contributed by atoms with Crippen LogP contribution < -0.4 is 26.8 Å². The Kier molecular flexibility index (Phi) is 5.77. The average Bonchev–Trinajstić information content (AvgIpc) is 2.79. The zero-order chi connectivity index (χ0) is 22.7. The molecule has 1 aromatic heterocycles. The molecule has 0 amide bonds. The van der Waals surface area contributed by atoms with Crippen molar-refractivity contribution in [3.8, 4) is 18.0 Å². The lowest BCUT2D eigenvalue weighted by Gasteiger charge is -2.26. The van der Waals surface area contributed by atoms with Gasteiger partial charge in [-0.25, -0.2) is 9.98 Å². The van der Waals surface area contributed by atoms with Gasteiger partial charge in [0.2, 0.25) is 5.96 Å². The van der Waals surface area contributed by atoms with E-state index in [9.17, 15) is 10.1 Å². The van der Waals surface area contributed by atoms with E-state index in [1.165, 1.54) is 0 Å². The van der Waals surface area contributed by atoms with E-state index in [2.05, 4.69) is 20.6 Å². The molecule has 1 aromatic carbocycles. The normalized spacial score (nSPS) is 17.7. The molecule has 0 radical (unpaired) electrons. The number of fused-ring (bicyclic) bond motifs is 1. The molecule has 1 saturated carbocycles. The average molecular weight is 430 g/mol. The van der Waals surface area contributed by atoms with Gasteiger partial charge in [0, 0.05) is 5.56 Å². The second-order valence-corrected chi connectivity index (χ2v) is 7.73. The summed E-state index contributed by atoms with van der Waals surface area (Å²) in [7, 11) is 0. The Balaban J connectivity index is 1.71. The second kappa shape index (κ2) is 8.82. The first-order chi connectivity index (χ1) is 15.5. The Morgan fingerprint density at radius 1 is 1.22 bits per heavy atom. The summed E-state index contributed by atoms with van der Waals surface area (Å²) in [6.07, 6.45) is 6.71. The van der Waals surface area contributed by atoms with E-state index in [-0.39, 0.29) is 34.9 Å². The molecule has 0 saturated heterocycles. The summed E-state index contributed by atoms with van der Waals surface area (Å²) in [6.45, 7) is 0. The Morgan fingerprint density at radius 2 is 2.00 bits per heavy atom. The van der Waals surface area contributed by atoms with Gasteiger partial charge >= 0.3 is 5.97 Å². The SMILES string of the molecule is N#CNC1=NC(c2cccc(OC(=O)C3CCCCC3)c2)c2c(nc(N)c(C#N)c2N)N1. The molecule has 2 aromatic rings. The van der Waals surface area contributed by atoms with Crippen LogP contribution >= 0.6 is 0 Å². The highest BCUT2D eigenvalue weighted by molar-refractivity contribution is 5.98. The van der Waals surface area contributed by atoms with Crippen molar-refractivity contribution in [3.63, 3.8) is 0 Å². The van der Waals surface area contributed by atoms with Gasteiger partial charge in [-0.1, -0.05) is 31.4 Å². The van der Waals surface area contributed by atoms with Gasteiger partial charge in [-0.05, 0) is 30.5 Å². The lowest BCUT2D eigenvalue weighted by molar-refractivity contribution is -0.139. The van der Waals surface area contributed by atoms with Crippen molar-refractivity contribution < 1.29 is 9.53 Å². The molecule has 10 heteroatoms. The quantitative estimate of drug-likeness (QED) is 0.247. The Labute approximate surface area is 184 Å². The highest BCUT2D eigenvalue weighted by Crippen LogP contribution is 2.41. The third-order valence-electron chi connectivity index (χ3n) is 5.69. The van der Waals surface area contributed by atoms with Crippen molar-refractivity contribution in [3.05, 3.63) is 41.0 Å². The van der Waals surface area contributed by atoms with Crippen LogP contribution in [0.5, 0.6) is 5.75 Å². The first-order valence-corrected chi connectivity index (χ1v) is 10.3. The number of aromatic nitrogens is 1. The first kappa shape index (κ1) is 20.9. The summed E-state index contributed by atoms with van der Waals surface area (Å²) in [5, 5.41) is 23.8. The molecule has 2 aliphatic rings. The highest BCUT2D eigenvalue weighted by atomic mass is 16.5. The molecule has 1 unspecified atom stereocenters. The number of carbonyl (C=O) groups is 1. The maximum atomic E-state index is 12.6. The van der Waals surface area contributed by atoms with Crippen molar-refractivity contribution in [2.75, 3.05) is 16.8 Å². The van der Waals surface area contributed by atoms with Crippen LogP contribution in [0.25, 0.3) is 0 Å². The van der Waals surface area contributed by atoms with E-state index < -0.39 is 6.04 Å². The minimum absolute atomic E-state index is 0.0247. The van der Waals surface area contributed by atoms with Gasteiger partial charge in [0.05, 0.1) is 11.6 Å². The Morgan fingerprint density at radius 3 is 2.72 bits per heavy atom. The van der Waals surface area contributed by atoms with Crippen molar-refractivity contribution in [2.45, 2.75) is 38.1 Å². The molecule has 6 N–H and O–H groups in total. The Hall–Kier alpha value is -4.31. The zero-order valence-electron chi connectivity index (χ0n) is 17.3. The van der Waals surface area contributed by atoms with Crippen molar-refractivity contribution >= 4 is 29.3 Å². The predicted molar refractivity (Wildman–Crippen MR) is 118 cm³/mol. The number of nitrogens with one attached hydrogen (secondary N) is 2. The molecule has 1 aliphatic heterocycles. The summed E-state index contributed by atoms with van der Waals surface area (Å²) >= 11 is 0. The van der Waals surface area contributed by atoms with E-state index in [1.807, 2.05) is 12.3 Å². The fourth-order valence-electron chi connectivity index (χ4n) is 4.11. The molecule has 0 bridgehead atoms. The van der Waals surface area contributed by atoms with Gasteiger partial charge < -0.3 is 21.5 Å². The van der Waals surface area contributed by atoms with E-state index >= 15 is 0 Å². The molecular weight excluding hydrogens is 408 g/mol. The number of guanidine groups is 1. The number of hydrogen-bond acceptors (Lipinski definition) is 10. The standard InChI is InChI=1S/C22H22N8O2/c23-10-15-17(25)16-18(28-22(27-11-24)30-20(16)29-19(15)26)13-7-4-8-14(9-13)32-21(31)12-5-2-1-3-6-12/h4,7-9,12,18H,1-3,5-6H2,(H6,25,26,27,28,29,30). The monoisotopic (exact) mass is 430 g/mol. The summed E-state index contributed by atoms with van der Waals surface area (Å²) in [6, 6.07) is 8.23. The van der Waals surface area contributed by atoms with Gasteiger partial charge in [0.15, 0.2) is 6.19 Å². The van der Waals surface area contributed by atoms with E-state index in [0.29, 0.717) is 22.7 Å². The summed E-state index contributed by atoms with van der Waals surface area (Å²) in [4.78, 5) is 21.3. The number of carbonyl (C=O) groups excluding carboxylic acids is 1. The highest BCUT2D eigenvalue weighted by Gasteiger charge is 2.30. The van der Waals surface area contributed by atoms with E-state index in [4.69, 9.17) is 21.5 Å². The molecule has 162 valence electrons. The van der Waals surface area contributed by atoms with Crippen molar-refractivity contribution in [2.24, 2.45) is 10.9 Å². The van der Waals surface area contributed by atoms with Crippen LogP contribution in [0, 0.1) is 28.7 Å². The molecule has 10 nitrogen and oxygen atoms in total. The third kappa shape index (κ3) is 3.98. The molecule has 1 aliphatic carbocycles. The number of aliphatic imine (C=N–C) groups is 1. The van der Waals surface area contributed by atoms with E-state index in [1.54, 1.807) is 24.3 Å². The van der Waals surface area contributed by atoms with Gasteiger partial charge in [0.1, 0.15) is 35.1 Å². The van der Waals surface area contributed by atoms with Gasteiger partial charge in [-0.15, -0.1) is 0 Å². The Bertz CT molecular complexity index is 1170. The lowest BCUT2D eigenvalue weighted by atomic mass is 9.89. The number of nitrogen functional groups attached to an aromatic ring is 2. The summed E-state index contributed by atoms with van der Waals surface area (Å²) < 4.78 is 5.65. The molecule has 4 rings (SSSR count). The predicted octanol–water partition coefficient (Wildman–Crippen LogP) is 2.54. The number of benzene rings is 1.